The van der Waals surface area contributed by atoms with Gasteiger partial charge in [-0.15, -0.1) is 0 Å². The van der Waals surface area contributed by atoms with Gasteiger partial charge in [0.25, 0.3) is 0 Å². The lowest BCUT2D eigenvalue weighted by Gasteiger charge is -2.11. The molecule has 5 heteroatoms. The largest absolute Gasteiger partial charge is 0.494 e. The average Bonchev–Trinajstić information content (AvgIpc) is 3.11. The lowest BCUT2D eigenvalue weighted by atomic mass is 10.0. The number of hydrogen-bond donors (Lipinski definition) is 0. The second kappa shape index (κ2) is 8.55. The molecular weight excluding hydrogens is 350 g/mol. The highest BCUT2D eigenvalue weighted by Gasteiger charge is 2.13. The van der Waals surface area contributed by atoms with Gasteiger partial charge in [-0.2, -0.15) is 5.10 Å². The Morgan fingerprint density at radius 1 is 0.964 bits per heavy atom. The molecule has 3 aromatic rings. The van der Waals surface area contributed by atoms with Gasteiger partial charge in [-0.1, -0.05) is 12.5 Å². The first kappa shape index (κ1) is 18.7. The summed E-state index contributed by atoms with van der Waals surface area (Å²) < 4.78 is 7.79. The minimum Gasteiger partial charge on any atom is -0.494 e. The van der Waals surface area contributed by atoms with Crippen LogP contribution in [0.15, 0.2) is 36.7 Å². The van der Waals surface area contributed by atoms with Gasteiger partial charge in [0, 0.05) is 30.3 Å². The van der Waals surface area contributed by atoms with Crippen molar-refractivity contribution in [3.63, 3.8) is 0 Å². The number of aromatic nitrogens is 3. The fourth-order valence-corrected chi connectivity index (χ4v) is 3.76. The minimum absolute atomic E-state index is 0.377. The van der Waals surface area contributed by atoms with E-state index in [-0.39, 0.29) is 0 Å². The molecule has 2 aromatic heterocycles. The number of fused-ring (bicyclic) bond motifs is 4. The van der Waals surface area contributed by atoms with Crippen molar-refractivity contribution < 1.29 is 9.53 Å². The Kier molecular flexibility index (Phi) is 5.70. The third-order valence-electron chi connectivity index (χ3n) is 5.43. The summed E-state index contributed by atoms with van der Waals surface area (Å²) in [6.45, 7) is 2.73. The van der Waals surface area contributed by atoms with Gasteiger partial charge in [0.15, 0.2) is 5.65 Å². The van der Waals surface area contributed by atoms with Crippen molar-refractivity contribution >= 4 is 11.4 Å². The molecule has 0 N–H and O–H groups in total. The van der Waals surface area contributed by atoms with E-state index in [2.05, 4.69) is 24.2 Å². The topological polar surface area (TPSA) is 56.5 Å². The number of Topliss-reactive ketones (excluding diaryl/α,β-unsaturated/α-hetero) is 1. The highest BCUT2D eigenvalue weighted by molar-refractivity contribution is 5.80. The molecule has 0 fully saturated rings. The molecule has 1 aliphatic rings. The quantitative estimate of drug-likeness (QED) is 0.557. The van der Waals surface area contributed by atoms with E-state index in [0.29, 0.717) is 25.2 Å². The van der Waals surface area contributed by atoms with E-state index >= 15 is 0 Å². The van der Waals surface area contributed by atoms with Gasteiger partial charge in [-0.05, 0) is 68.4 Å². The second-order valence-electron chi connectivity index (χ2n) is 7.63. The third-order valence-corrected chi connectivity index (χ3v) is 5.43. The molecule has 28 heavy (non-hydrogen) atoms. The maximum absolute atomic E-state index is 12.0. The molecule has 5 nitrogen and oxygen atoms in total. The first-order chi connectivity index (χ1) is 13.7. The first-order valence-electron chi connectivity index (χ1n) is 10.3. The van der Waals surface area contributed by atoms with Crippen LogP contribution in [0.25, 0.3) is 16.8 Å². The molecule has 0 saturated carbocycles. The smallest absolute Gasteiger partial charge is 0.163 e. The third kappa shape index (κ3) is 4.24. The van der Waals surface area contributed by atoms with Crippen molar-refractivity contribution in [2.75, 3.05) is 6.61 Å². The summed E-state index contributed by atoms with van der Waals surface area (Å²) in [7, 11) is 0. The molecular formula is C23H27N3O2. The fraction of sp³-hybridized carbons (Fsp3) is 0.435. The number of hydrogen-bond acceptors (Lipinski definition) is 4. The normalized spacial score (nSPS) is 16.5. The summed E-state index contributed by atoms with van der Waals surface area (Å²) in [4.78, 5) is 16.9. The Balaban J connectivity index is 1.67. The van der Waals surface area contributed by atoms with Crippen molar-refractivity contribution in [3.8, 4) is 16.9 Å². The Morgan fingerprint density at radius 2 is 1.79 bits per heavy atom. The summed E-state index contributed by atoms with van der Waals surface area (Å²) >= 11 is 0. The molecule has 3 heterocycles. The second-order valence-corrected chi connectivity index (χ2v) is 7.63. The molecule has 0 radical (unpaired) electrons. The molecule has 0 spiro atoms. The van der Waals surface area contributed by atoms with Crippen molar-refractivity contribution in [2.24, 2.45) is 0 Å². The van der Waals surface area contributed by atoms with Crippen LogP contribution in [0.5, 0.6) is 5.75 Å². The van der Waals surface area contributed by atoms with Gasteiger partial charge in [-0.25, -0.2) is 9.50 Å². The number of aryl methyl sites for hydroxylation is 2. The van der Waals surface area contributed by atoms with Crippen molar-refractivity contribution in [2.45, 2.75) is 58.3 Å². The Labute approximate surface area is 165 Å². The van der Waals surface area contributed by atoms with E-state index in [9.17, 15) is 4.79 Å². The zero-order chi connectivity index (χ0) is 19.3. The number of ketones is 1. The Morgan fingerprint density at radius 3 is 2.68 bits per heavy atom. The molecule has 1 aliphatic heterocycles. The van der Waals surface area contributed by atoms with E-state index < -0.39 is 0 Å². The van der Waals surface area contributed by atoms with Crippen LogP contribution in [0, 0.1) is 6.92 Å². The molecule has 0 aliphatic carbocycles. The number of nitrogens with zero attached hydrogens (tertiary/aromatic N) is 3. The molecule has 146 valence electrons. The zero-order valence-electron chi connectivity index (χ0n) is 16.5. The summed E-state index contributed by atoms with van der Waals surface area (Å²) in [5.41, 5.74) is 5.28. The van der Waals surface area contributed by atoms with E-state index in [4.69, 9.17) is 9.72 Å². The Bertz CT molecular complexity index is 977. The van der Waals surface area contributed by atoms with Gasteiger partial charge in [0.1, 0.15) is 11.5 Å². The van der Waals surface area contributed by atoms with Crippen molar-refractivity contribution in [3.05, 3.63) is 47.9 Å². The monoisotopic (exact) mass is 377 g/mol. The fourth-order valence-electron chi connectivity index (χ4n) is 3.76. The minimum atomic E-state index is 0.377. The highest BCUT2D eigenvalue weighted by Crippen LogP contribution is 2.30. The lowest BCUT2D eigenvalue weighted by molar-refractivity contribution is -0.119. The average molecular weight is 377 g/mol. The summed E-state index contributed by atoms with van der Waals surface area (Å²) in [6.07, 6.45) is 11.1. The first-order valence-corrected chi connectivity index (χ1v) is 10.3. The number of carbonyl (C=O) groups is 1. The molecule has 0 atom stereocenters. The van der Waals surface area contributed by atoms with Crippen LogP contribution in [-0.2, 0) is 11.2 Å². The molecule has 0 saturated heterocycles. The van der Waals surface area contributed by atoms with Crippen LogP contribution in [0.3, 0.4) is 0 Å². The SMILES string of the molecule is Cc1ccc2cc1-c1cnn3ccc(nc13)CCCCCC(=O)CCCCO2. The number of benzene rings is 1. The van der Waals surface area contributed by atoms with E-state index in [1.807, 2.05) is 29.0 Å². The van der Waals surface area contributed by atoms with Crippen LogP contribution in [-0.4, -0.2) is 27.0 Å². The van der Waals surface area contributed by atoms with Gasteiger partial charge in [0.05, 0.1) is 12.8 Å². The number of rotatable bonds is 0. The molecule has 1 aromatic carbocycles. The molecule has 0 unspecified atom stereocenters. The van der Waals surface area contributed by atoms with Gasteiger partial charge in [0.2, 0.25) is 0 Å². The van der Waals surface area contributed by atoms with Crippen LogP contribution in [0.4, 0.5) is 0 Å². The summed E-state index contributed by atoms with van der Waals surface area (Å²) in [6, 6.07) is 8.21. The van der Waals surface area contributed by atoms with E-state index in [1.54, 1.807) is 0 Å². The van der Waals surface area contributed by atoms with Crippen molar-refractivity contribution in [1.29, 1.82) is 0 Å². The Hall–Kier alpha value is -2.69. The van der Waals surface area contributed by atoms with E-state index in [0.717, 1.165) is 66.7 Å². The summed E-state index contributed by atoms with van der Waals surface area (Å²) in [5, 5.41) is 4.48. The van der Waals surface area contributed by atoms with Gasteiger partial charge in [-0.3, -0.25) is 4.79 Å². The molecule has 4 rings (SSSR count). The van der Waals surface area contributed by atoms with Crippen LogP contribution in [0.1, 0.15) is 56.2 Å². The lowest BCUT2D eigenvalue weighted by Crippen LogP contribution is -2.02. The van der Waals surface area contributed by atoms with E-state index in [1.165, 1.54) is 5.56 Å². The predicted molar refractivity (Wildman–Crippen MR) is 110 cm³/mol. The zero-order valence-corrected chi connectivity index (χ0v) is 16.5. The predicted octanol–water partition coefficient (Wildman–Crippen LogP) is 4.94. The van der Waals surface area contributed by atoms with Gasteiger partial charge >= 0.3 is 0 Å². The van der Waals surface area contributed by atoms with Crippen LogP contribution >= 0.6 is 0 Å². The summed E-state index contributed by atoms with van der Waals surface area (Å²) in [5.74, 6) is 1.23. The van der Waals surface area contributed by atoms with Crippen molar-refractivity contribution in [1.82, 2.24) is 14.6 Å². The van der Waals surface area contributed by atoms with Gasteiger partial charge < -0.3 is 4.74 Å². The highest BCUT2D eigenvalue weighted by atomic mass is 16.5. The maximum Gasteiger partial charge on any atom is 0.163 e. The number of carbonyl (C=O) groups excluding carboxylic acids is 1. The number of ether oxygens (including phenoxy) is 1. The maximum atomic E-state index is 12.0. The molecule has 4 bridgehead atoms. The van der Waals surface area contributed by atoms with Crippen LogP contribution in [0.2, 0.25) is 0 Å². The van der Waals surface area contributed by atoms with Crippen LogP contribution < -0.4 is 4.74 Å². The standard InChI is InChI=1S/C23H27N3O2/c1-17-10-11-20-15-21(17)22-16-24-26-13-12-18(25-23(22)26)7-3-2-4-8-19(27)9-5-6-14-28-20/h10-13,15-16H,2-9,14H2,1H3. The molecule has 0 amide bonds.